The van der Waals surface area contributed by atoms with E-state index in [0.717, 1.165) is 56.2 Å². The monoisotopic (exact) mass is 426 g/mol. The molecule has 1 aliphatic rings. The highest BCUT2D eigenvalue weighted by Crippen LogP contribution is 2.25. The first-order chi connectivity index (χ1) is 14.6. The second kappa shape index (κ2) is 11.4. The van der Waals surface area contributed by atoms with Gasteiger partial charge in [0.1, 0.15) is 0 Å². The molecule has 0 aliphatic carbocycles. The number of imide groups is 1. The van der Waals surface area contributed by atoms with Crippen LogP contribution in [-0.2, 0) is 11.2 Å². The van der Waals surface area contributed by atoms with E-state index in [1.54, 1.807) is 18.3 Å². The molecular formula is C21H26N6O2S. The molecule has 2 amide bonds. The van der Waals surface area contributed by atoms with Crippen molar-refractivity contribution in [3.05, 3.63) is 53.0 Å². The predicted molar refractivity (Wildman–Crippen MR) is 119 cm³/mol. The van der Waals surface area contributed by atoms with E-state index in [1.165, 1.54) is 0 Å². The maximum absolute atomic E-state index is 11.7. The van der Waals surface area contributed by atoms with E-state index in [9.17, 15) is 9.59 Å². The summed E-state index contributed by atoms with van der Waals surface area (Å²) in [6.45, 7) is 3.98. The molecule has 30 heavy (non-hydrogen) atoms. The molecule has 0 spiro atoms. The van der Waals surface area contributed by atoms with Gasteiger partial charge in [-0.1, -0.05) is 13.0 Å². The van der Waals surface area contributed by atoms with Crippen LogP contribution in [0.1, 0.15) is 37.6 Å². The van der Waals surface area contributed by atoms with E-state index in [2.05, 4.69) is 37.8 Å². The summed E-state index contributed by atoms with van der Waals surface area (Å²) in [5, 5.41) is 8.70. The van der Waals surface area contributed by atoms with Crippen LogP contribution in [0.15, 0.2) is 41.6 Å². The third-order valence-electron chi connectivity index (χ3n) is 4.61. The molecule has 3 heterocycles. The smallest absolute Gasteiger partial charge is 0.290 e. The van der Waals surface area contributed by atoms with Crippen LogP contribution >= 0.6 is 11.8 Å². The molecular weight excluding hydrogens is 400 g/mol. The molecule has 1 aliphatic heterocycles. The van der Waals surface area contributed by atoms with Crippen molar-refractivity contribution >= 4 is 34.9 Å². The van der Waals surface area contributed by atoms with Gasteiger partial charge in [-0.3, -0.25) is 19.9 Å². The van der Waals surface area contributed by atoms with Crippen LogP contribution in [0.4, 0.5) is 10.7 Å². The maximum atomic E-state index is 11.7. The van der Waals surface area contributed by atoms with Gasteiger partial charge in [0.15, 0.2) is 0 Å². The number of thioether (sulfide) groups is 1. The Morgan fingerprint density at radius 2 is 2.07 bits per heavy atom. The van der Waals surface area contributed by atoms with Crippen LogP contribution in [0, 0.1) is 0 Å². The van der Waals surface area contributed by atoms with Gasteiger partial charge in [0.05, 0.1) is 10.6 Å². The van der Waals surface area contributed by atoms with E-state index in [-0.39, 0.29) is 17.2 Å². The fraction of sp³-hybridized carbons (Fsp3) is 0.381. The van der Waals surface area contributed by atoms with Crippen molar-refractivity contribution < 1.29 is 9.59 Å². The first-order valence-corrected chi connectivity index (χ1v) is 10.9. The zero-order chi connectivity index (χ0) is 21.2. The average Bonchev–Trinajstić information content (AvgIpc) is 3.07. The normalized spacial score (nSPS) is 16.0. The molecule has 1 saturated heterocycles. The van der Waals surface area contributed by atoms with Crippen LogP contribution in [0.5, 0.6) is 0 Å². The number of anilines is 1. The van der Waals surface area contributed by atoms with Crippen molar-refractivity contribution in [2.24, 2.45) is 0 Å². The zero-order valence-corrected chi connectivity index (χ0v) is 17.7. The fourth-order valence-electron chi connectivity index (χ4n) is 3.00. The van der Waals surface area contributed by atoms with E-state index < -0.39 is 0 Å². The molecule has 2 aromatic rings. The second-order valence-corrected chi connectivity index (χ2v) is 7.88. The Balaban J connectivity index is 1.42. The summed E-state index contributed by atoms with van der Waals surface area (Å²) >= 11 is 0.879. The molecule has 8 nitrogen and oxygen atoms in total. The van der Waals surface area contributed by atoms with Gasteiger partial charge in [-0.25, -0.2) is 9.97 Å². The lowest BCUT2D eigenvalue weighted by molar-refractivity contribution is -0.115. The number of hydrogen-bond acceptors (Lipinski definition) is 8. The molecule has 9 heteroatoms. The van der Waals surface area contributed by atoms with Crippen molar-refractivity contribution in [3.63, 3.8) is 0 Å². The van der Waals surface area contributed by atoms with Gasteiger partial charge in [0, 0.05) is 37.1 Å². The zero-order valence-electron chi connectivity index (χ0n) is 16.9. The van der Waals surface area contributed by atoms with Crippen LogP contribution in [0.3, 0.4) is 0 Å². The highest BCUT2D eigenvalue weighted by molar-refractivity contribution is 8.18. The predicted octanol–water partition coefficient (Wildman–Crippen LogP) is 3.00. The number of pyridine rings is 1. The van der Waals surface area contributed by atoms with Gasteiger partial charge >= 0.3 is 0 Å². The van der Waals surface area contributed by atoms with Crippen molar-refractivity contribution in [1.29, 1.82) is 0 Å². The number of carbonyl (C=O) groups excluding carboxylic acids is 2. The van der Waals surface area contributed by atoms with Crippen molar-refractivity contribution in [2.75, 3.05) is 18.4 Å². The SMILES string of the molecule is CCC(CCCNCCc1ccccn1)Nc1nccc(C=C2SC(=O)NC2=O)n1. The second-order valence-electron chi connectivity index (χ2n) is 6.87. The highest BCUT2D eigenvalue weighted by Gasteiger charge is 2.25. The molecule has 2 aromatic heterocycles. The van der Waals surface area contributed by atoms with Crippen LogP contribution in [0.25, 0.3) is 6.08 Å². The topological polar surface area (TPSA) is 109 Å². The molecule has 1 atom stereocenters. The maximum Gasteiger partial charge on any atom is 0.290 e. The number of amides is 2. The van der Waals surface area contributed by atoms with Crippen molar-refractivity contribution in [2.45, 2.75) is 38.6 Å². The minimum Gasteiger partial charge on any atom is -0.351 e. The molecule has 0 saturated carbocycles. The standard InChI is InChI=1S/C21H26N6O2S/c1-2-15(7-5-10-22-12-8-16-6-3-4-11-23-16)25-20-24-13-9-17(26-20)14-18-19(28)27-21(29)30-18/h3-4,6,9,11,13-15,22H,2,5,7-8,10,12H2,1H3,(H,24,25,26)(H,27,28,29). The van der Waals surface area contributed by atoms with Gasteiger partial charge in [0.2, 0.25) is 5.95 Å². The first kappa shape index (κ1) is 21.9. The lowest BCUT2D eigenvalue weighted by atomic mass is 10.1. The summed E-state index contributed by atoms with van der Waals surface area (Å²) in [5.74, 6) is 0.133. The van der Waals surface area contributed by atoms with E-state index in [0.29, 0.717) is 16.5 Å². The molecule has 158 valence electrons. The largest absolute Gasteiger partial charge is 0.351 e. The third-order valence-corrected chi connectivity index (χ3v) is 5.42. The Kier molecular flexibility index (Phi) is 8.34. The molecule has 0 radical (unpaired) electrons. The first-order valence-electron chi connectivity index (χ1n) is 10.1. The van der Waals surface area contributed by atoms with Crippen molar-refractivity contribution in [1.82, 2.24) is 25.6 Å². The average molecular weight is 427 g/mol. The molecule has 3 rings (SSSR count). The van der Waals surface area contributed by atoms with Crippen LogP contribution in [0.2, 0.25) is 0 Å². The number of rotatable bonds is 11. The Morgan fingerprint density at radius 3 is 2.80 bits per heavy atom. The van der Waals surface area contributed by atoms with E-state index >= 15 is 0 Å². The molecule has 1 unspecified atom stereocenters. The third kappa shape index (κ3) is 6.93. The quantitative estimate of drug-likeness (QED) is 0.372. The van der Waals surface area contributed by atoms with Gasteiger partial charge < -0.3 is 10.6 Å². The Labute approximate surface area is 180 Å². The molecule has 0 aromatic carbocycles. The van der Waals surface area contributed by atoms with Crippen LogP contribution in [-0.4, -0.2) is 45.2 Å². The Morgan fingerprint density at radius 1 is 1.17 bits per heavy atom. The van der Waals surface area contributed by atoms with E-state index in [1.807, 2.05) is 24.4 Å². The summed E-state index contributed by atoms with van der Waals surface area (Å²) in [6, 6.07) is 7.95. The van der Waals surface area contributed by atoms with Crippen molar-refractivity contribution in [3.8, 4) is 0 Å². The Hall–Kier alpha value is -2.78. The van der Waals surface area contributed by atoms with Gasteiger partial charge in [0.25, 0.3) is 11.1 Å². The Bertz CT molecular complexity index is 890. The summed E-state index contributed by atoms with van der Waals surface area (Å²) in [7, 11) is 0. The summed E-state index contributed by atoms with van der Waals surface area (Å²) in [5.41, 5.74) is 1.69. The summed E-state index contributed by atoms with van der Waals surface area (Å²) in [4.78, 5) is 36.4. The number of hydrogen-bond donors (Lipinski definition) is 3. The highest BCUT2D eigenvalue weighted by atomic mass is 32.2. The van der Waals surface area contributed by atoms with Gasteiger partial charge in [-0.05, 0) is 61.8 Å². The van der Waals surface area contributed by atoms with Crippen LogP contribution < -0.4 is 16.0 Å². The molecule has 0 bridgehead atoms. The lowest BCUT2D eigenvalue weighted by Gasteiger charge is -2.17. The minimum atomic E-state index is -0.389. The summed E-state index contributed by atoms with van der Waals surface area (Å²) in [6.07, 6.45) is 8.98. The molecule has 1 fully saturated rings. The fourth-order valence-corrected chi connectivity index (χ4v) is 3.67. The number of aromatic nitrogens is 3. The minimum absolute atomic E-state index is 0.260. The number of nitrogens with zero attached hydrogens (tertiary/aromatic N) is 3. The van der Waals surface area contributed by atoms with Gasteiger partial charge in [-0.2, -0.15) is 0 Å². The summed E-state index contributed by atoms with van der Waals surface area (Å²) < 4.78 is 0. The number of carbonyl (C=O) groups is 2. The van der Waals surface area contributed by atoms with E-state index in [4.69, 9.17) is 0 Å². The molecule has 3 N–H and O–H groups in total. The van der Waals surface area contributed by atoms with Gasteiger partial charge in [-0.15, -0.1) is 0 Å². The lowest BCUT2D eigenvalue weighted by Crippen LogP contribution is -2.24. The number of nitrogens with one attached hydrogen (secondary N) is 3.